The highest BCUT2D eigenvalue weighted by atomic mass is 79.9. The second-order valence-electron chi connectivity index (χ2n) is 7.79. The summed E-state index contributed by atoms with van der Waals surface area (Å²) in [4.78, 5) is 1.54. The van der Waals surface area contributed by atoms with Gasteiger partial charge in [-0.15, -0.1) is 11.3 Å². The molecule has 4 aliphatic carbocycles. The highest BCUT2D eigenvalue weighted by molar-refractivity contribution is 9.10. The van der Waals surface area contributed by atoms with E-state index in [0.29, 0.717) is 11.5 Å². The molecule has 116 valence electrons. The lowest BCUT2D eigenvalue weighted by molar-refractivity contribution is -0.0733. The zero-order chi connectivity index (χ0) is 14.4. The van der Waals surface area contributed by atoms with Gasteiger partial charge in [-0.05, 0) is 102 Å². The first-order chi connectivity index (χ1) is 10.2. The number of hydrogen-bond donors (Lipinski definition) is 1. The average Bonchev–Trinajstić information content (AvgIpc) is 2.82. The molecule has 0 aliphatic heterocycles. The van der Waals surface area contributed by atoms with Crippen LogP contribution in [0.3, 0.4) is 0 Å². The van der Waals surface area contributed by atoms with E-state index >= 15 is 0 Å². The van der Waals surface area contributed by atoms with E-state index in [9.17, 15) is 0 Å². The van der Waals surface area contributed by atoms with Gasteiger partial charge in [0.25, 0.3) is 0 Å². The maximum atomic E-state index is 3.89. The second kappa shape index (κ2) is 5.65. The minimum Gasteiger partial charge on any atom is -0.313 e. The van der Waals surface area contributed by atoms with Gasteiger partial charge in [-0.2, -0.15) is 0 Å². The van der Waals surface area contributed by atoms with Crippen LogP contribution in [0.5, 0.6) is 0 Å². The van der Waals surface area contributed by atoms with E-state index < -0.39 is 0 Å². The smallest absolute Gasteiger partial charge is 0.0314 e. The molecular formula is C18H26BrNS. The van der Waals surface area contributed by atoms with Gasteiger partial charge in [0.1, 0.15) is 0 Å². The molecule has 4 saturated carbocycles. The van der Waals surface area contributed by atoms with Gasteiger partial charge >= 0.3 is 0 Å². The van der Waals surface area contributed by atoms with Crippen LogP contribution in [-0.2, 0) is 6.42 Å². The molecule has 21 heavy (non-hydrogen) atoms. The summed E-state index contributed by atoms with van der Waals surface area (Å²) < 4.78 is 1.32. The van der Waals surface area contributed by atoms with Crippen molar-refractivity contribution in [3.63, 3.8) is 0 Å². The number of likely N-dealkylation sites (N-methyl/N-ethyl adjacent to an activating group) is 1. The van der Waals surface area contributed by atoms with E-state index in [4.69, 9.17) is 0 Å². The van der Waals surface area contributed by atoms with Gasteiger partial charge in [0.05, 0.1) is 0 Å². The molecule has 1 N–H and O–H groups in total. The molecule has 0 amide bonds. The fraction of sp³-hybridized carbons (Fsp3) is 0.778. The molecular weight excluding hydrogens is 342 g/mol. The van der Waals surface area contributed by atoms with Crippen LogP contribution in [-0.4, -0.2) is 12.6 Å². The van der Waals surface area contributed by atoms with Crippen LogP contribution in [0, 0.1) is 23.2 Å². The number of nitrogens with one attached hydrogen (secondary N) is 1. The molecule has 1 heterocycles. The first-order valence-electron chi connectivity index (χ1n) is 8.64. The van der Waals surface area contributed by atoms with E-state index in [-0.39, 0.29) is 0 Å². The van der Waals surface area contributed by atoms with Crippen molar-refractivity contribution in [1.82, 2.24) is 5.32 Å². The molecule has 3 heteroatoms. The number of rotatable bonds is 5. The average molecular weight is 368 g/mol. The molecule has 0 radical (unpaired) electrons. The van der Waals surface area contributed by atoms with Gasteiger partial charge in [-0.1, -0.05) is 6.92 Å². The first-order valence-corrected chi connectivity index (χ1v) is 10.3. The van der Waals surface area contributed by atoms with Gasteiger partial charge in [0.15, 0.2) is 0 Å². The quantitative estimate of drug-likeness (QED) is 0.749. The third-order valence-corrected chi connectivity index (χ3v) is 8.30. The van der Waals surface area contributed by atoms with Crippen molar-refractivity contribution in [3.05, 3.63) is 20.8 Å². The summed E-state index contributed by atoms with van der Waals surface area (Å²) in [6.07, 6.45) is 10.3. The lowest BCUT2D eigenvalue weighted by atomic mass is 9.47. The van der Waals surface area contributed by atoms with Crippen LogP contribution in [0.4, 0.5) is 0 Å². The molecule has 5 rings (SSSR count). The predicted octanol–water partition coefficient (Wildman–Crippen LogP) is 5.25. The van der Waals surface area contributed by atoms with Gasteiger partial charge in [0, 0.05) is 15.4 Å². The third-order valence-electron chi connectivity index (χ3n) is 6.36. The molecule has 4 fully saturated rings. The largest absolute Gasteiger partial charge is 0.313 e. The molecule has 1 unspecified atom stereocenters. The van der Waals surface area contributed by atoms with Gasteiger partial charge in [-0.25, -0.2) is 0 Å². The van der Waals surface area contributed by atoms with E-state index in [1.54, 1.807) is 19.3 Å². The van der Waals surface area contributed by atoms with Crippen LogP contribution in [0.1, 0.15) is 50.3 Å². The number of thiophene rings is 1. The van der Waals surface area contributed by atoms with Crippen molar-refractivity contribution in [3.8, 4) is 0 Å². The minimum absolute atomic E-state index is 0.605. The van der Waals surface area contributed by atoms with Crippen molar-refractivity contribution >= 4 is 27.3 Å². The molecule has 0 aromatic carbocycles. The van der Waals surface area contributed by atoms with E-state index in [2.05, 4.69) is 39.6 Å². The number of halogens is 1. The highest BCUT2D eigenvalue weighted by Gasteiger charge is 2.53. The second-order valence-corrected chi connectivity index (χ2v) is 9.64. The van der Waals surface area contributed by atoms with Crippen molar-refractivity contribution in [2.24, 2.45) is 23.2 Å². The SMILES string of the molecule is CCNC(Cc1sccc1Br)C12CC3CC(CC(C3)C1)C2. The predicted molar refractivity (Wildman–Crippen MR) is 93.8 cm³/mol. The summed E-state index contributed by atoms with van der Waals surface area (Å²) in [6, 6.07) is 2.90. The maximum Gasteiger partial charge on any atom is 0.0314 e. The highest BCUT2D eigenvalue weighted by Crippen LogP contribution is 2.61. The Morgan fingerprint density at radius 2 is 1.86 bits per heavy atom. The third kappa shape index (κ3) is 2.64. The summed E-state index contributed by atoms with van der Waals surface area (Å²) >= 11 is 5.66. The van der Waals surface area contributed by atoms with Gasteiger partial charge in [0.2, 0.25) is 0 Å². The maximum absolute atomic E-state index is 3.89. The molecule has 0 saturated heterocycles. The minimum atomic E-state index is 0.605. The van der Waals surface area contributed by atoms with Crippen LogP contribution >= 0.6 is 27.3 Å². The first kappa shape index (κ1) is 14.7. The Labute approximate surface area is 141 Å². The van der Waals surface area contributed by atoms with E-state index in [0.717, 1.165) is 24.3 Å². The van der Waals surface area contributed by atoms with Crippen LogP contribution in [0.15, 0.2) is 15.9 Å². The molecule has 0 spiro atoms. The fourth-order valence-corrected chi connectivity index (χ4v) is 7.57. The summed E-state index contributed by atoms with van der Waals surface area (Å²) in [7, 11) is 0. The Kier molecular flexibility index (Phi) is 3.96. The zero-order valence-corrected chi connectivity index (χ0v) is 15.3. The Bertz CT molecular complexity index is 474. The summed E-state index contributed by atoms with van der Waals surface area (Å²) in [5.41, 5.74) is 0.605. The van der Waals surface area contributed by atoms with Crippen molar-refractivity contribution in [2.75, 3.05) is 6.54 Å². The summed E-state index contributed by atoms with van der Waals surface area (Å²) in [6.45, 7) is 3.38. The van der Waals surface area contributed by atoms with Crippen LogP contribution in [0.2, 0.25) is 0 Å². The molecule has 1 atom stereocenters. The Morgan fingerprint density at radius 1 is 1.24 bits per heavy atom. The van der Waals surface area contributed by atoms with Crippen molar-refractivity contribution < 1.29 is 0 Å². The zero-order valence-electron chi connectivity index (χ0n) is 12.9. The van der Waals surface area contributed by atoms with E-state index in [1.807, 2.05) is 11.3 Å². The van der Waals surface area contributed by atoms with E-state index in [1.165, 1.54) is 35.0 Å². The molecule has 1 nitrogen and oxygen atoms in total. The lowest BCUT2D eigenvalue weighted by Crippen LogP contribution is -2.56. The van der Waals surface area contributed by atoms with Crippen molar-refractivity contribution in [1.29, 1.82) is 0 Å². The number of hydrogen-bond acceptors (Lipinski definition) is 2. The Morgan fingerprint density at radius 3 is 2.33 bits per heavy atom. The fourth-order valence-electron chi connectivity index (χ4n) is 6.01. The monoisotopic (exact) mass is 367 g/mol. The van der Waals surface area contributed by atoms with Gasteiger partial charge in [-0.3, -0.25) is 0 Å². The van der Waals surface area contributed by atoms with Crippen molar-refractivity contribution in [2.45, 2.75) is 57.9 Å². The lowest BCUT2D eigenvalue weighted by Gasteiger charge is -2.59. The normalized spacial score (nSPS) is 38.9. The Balaban J connectivity index is 1.60. The summed E-state index contributed by atoms with van der Waals surface area (Å²) in [5, 5.41) is 6.12. The van der Waals surface area contributed by atoms with Crippen LogP contribution in [0.25, 0.3) is 0 Å². The topological polar surface area (TPSA) is 12.0 Å². The molecule has 4 aliphatic rings. The van der Waals surface area contributed by atoms with Crippen LogP contribution < -0.4 is 5.32 Å². The molecule has 1 aromatic heterocycles. The molecule has 1 aromatic rings. The standard InChI is InChI=1S/C18H26BrNS/c1-2-20-17(8-16-15(19)3-4-21-16)18-9-12-5-13(10-18)7-14(6-12)11-18/h3-4,12-14,17,20H,2,5-11H2,1H3. The summed E-state index contributed by atoms with van der Waals surface area (Å²) in [5.74, 6) is 3.14. The molecule has 4 bridgehead atoms. The Hall–Kier alpha value is 0.140. The van der Waals surface area contributed by atoms with Gasteiger partial charge < -0.3 is 5.32 Å².